The normalized spacial score (nSPS) is 14.8. The number of aromatic nitrogens is 3. The maximum Gasteiger partial charge on any atom is 0.191 e. The highest BCUT2D eigenvalue weighted by atomic mass is 127. The highest BCUT2D eigenvalue weighted by Gasteiger charge is 2.43. The second-order valence-electron chi connectivity index (χ2n) is 7.32. The van der Waals surface area contributed by atoms with E-state index in [0.717, 1.165) is 50.3 Å². The third-order valence-corrected chi connectivity index (χ3v) is 6.48. The summed E-state index contributed by atoms with van der Waals surface area (Å²) in [4.78, 5) is 6.07. The topological polar surface area (TPSA) is 76.4 Å². The van der Waals surface area contributed by atoms with E-state index in [1.165, 1.54) is 17.7 Å². The molecule has 0 saturated heterocycles. The first kappa shape index (κ1) is 24.9. The summed E-state index contributed by atoms with van der Waals surface area (Å²) in [6.07, 6.45) is 3.39. The molecular weight excluding hydrogens is 511 g/mol. The number of guanidine groups is 1. The minimum atomic E-state index is 0. The van der Waals surface area contributed by atoms with Crippen molar-refractivity contribution in [3.63, 3.8) is 0 Å². The Morgan fingerprint density at radius 2 is 2.00 bits per heavy atom. The van der Waals surface area contributed by atoms with Crippen molar-refractivity contribution in [2.75, 3.05) is 26.3 Å². The molecule has 1 aromatic heterocycles. The van der Waals surface area contributed by atoms with Crippen molar-refractivity contribution in [2.24, 2.45) is 12.0 Å². The van der Waals surface area contributed by atoms with Gasteiger partial charge in [0.2, 0.25) is 0 Å². The van der Waals surface area contributed by atoms with Crippen LogP contribution in [0.15, 0.2) is 40.2 Å². The number of hydrogen-bond donors (Lipinski definition) is 2. The van der Waals surface area contributed by atoms with Crippen molar-refractivity contribution in [1.29, 1.82) is 0 Å². The molecule has 2 aromatic rings. The van der Waals surface area contributed by atoms with Gasteiger partial charge in [-0.25, -0.2) is 4.99 Å². The molecule has 166 valence electrons. The number of nitrogens with one attached hydrogen (secondary N) is 2. The monoisotopic (exact) mass is 544 g/mol. The second kappa shape index (κ2) is 12.5. The van der Waals surface area contributed by atoms with Crippen molar-refractivity contribution >= 4 is 41.7 Å². The van der Waals surface area contributed by atoms with Crippen LogP contribution in [0, 0.1) is 6.92 Å². The molecule has 1 fully saturated rings. The van der Waals surface area contributed by atoms with Crippen molar-refractivity contribution < 1.29 is 4.74 Å². The van der Waals surface area contributed by atoms with E-state index < -0.39 is 0 Å². The summed E-state index contributed by atoms with van der Waals surface area (Å²) in [5, 5.41) is 15.3. The molecule has 1 aliphatic rings. The third kappa shape index (κ3) is 7.73. The summed E-state index contributed by atoms with van der Waals surface area (Å²) >= 11 is 1.96. The van der Waals surface area contributed by atoms with Crippen LogP contribution in [0.5, 0.6) is 0 Å². The second-order valence-corrected chi connectivity index (χ2v) is 8.86. The molecule has 2 N–H and O–H groups in total. The Labute approximate surface area is 200 Å². The predicted octanol–water partition coefficient (Wildman–Crippen LogP) is 3.53. The largest absolute Gasteiger partial charge is 0.382 e. The van der Waals surface area contributed by atoms with Crippen LogP contribution in [-0.2, 0) is 18.3 Å². The number of aryl methyl sites for hydroxylation is 1. The lowest BCUT2D eigenvalue weighted by Crippen LogP contribution is -2.41. The zero-order chi connectivity index (χ0) is 20.5. The Morgan fingerprint density at radius 3 is 2.63 bits per heavy atom. The molecule has 0 bridgehead atoms. The quantitative estimate of drug-likeness (QED) is 0.195. The molecule has 9 heteroatoms. The molecule has 1 aromatic carbocycles. The molecule has 1 heterocycles. The van der Waals surface area contributed by atoms with Crippen molar-refractivity contribution in [3.05, 3.63) is 42.0 Å². The summed E-state index contributed by atoms with van der Waals surface area (Å²) in [7, 11) is 1.97. The molecule has 0 amide bonds. The lowest BCUT2D eigenvalue weighted by atomic mass is 10.4. The number of thioether (sulfide) groups is 1. The van der Waals surface area contributed by atoms with Crippen LogP contribution in [0.4, 0.5) is 0 Å². The van der Waals surface area contributed by atoms with E-state index >= 15 is 0 Å². The fourth-order valence-electron chi connectivity index (χ4n) is 2.88. The van der Waals surface area contributed by atoms with Gasteiger partial charge in [0, 0.05) is 43.0 Å². The van der Waals surface area contributed by atoms with Crippen molar-refractivity contribution in [3.8, 4) is 0 Å². The minimum absolute atomic E-state index is 0. The Bertz CT molecular complexity index is 794. The van der Waals surface area contributed by atoms with Crippen LogP contribution >= 0.6 is 35.7 Å². The summed E-state index contributed by atoms with van der Waals surface area (Å²) in [5.41, 5.74) is 0. The minimum Gasteiger partial charge on any atom is -0.382 e. The summed E-state index contributed by atoms with van der Waals surface area (Å²) in [6, 6.07) is 10.6. The van der Waals surface area contributed by atoms with Gasteiger partial charge in [0.15, 0.2) is 11.8 Å². The van der Waals surface area contributed by atoms with Gasteiger partial charge in [-0.1, -0.05) is 18.2 Å². The average molecular weight is 545 g/mol. The van der Waals surface area contributed by atoms with E-state index in [1.807, 2.05) is 37.2 Å². The van der Waals surface area contributed by atoms with Crippen LogP contribution in [0.2, 0.25) is 0 Å². The summed E-state index contributed by atoms with van der Waals surface area (Å²) in [6.45, 7) is 7.69. The van der Waals surface area contributed by atoms with Crippen molar-refractivity contribution in [1.82, 2.24) is 25.4 Å². The van der Waals surface area contributed by atoms with Gasteiger partial charge in [-0.15, -0.1) is 45.9 Å². The Balaban J connectivity index is 0.00000320. The first-order valence-corrected chi connectivity index (χ1v) is 11.1. The van der Waals surface area contributed by atoms with Crippen LogP contribution in [0.25, 0.3) is 0 Å². The van der Waals surface area contributed by atoms with E-state index in [1.54, 1.807) is 0 Å². The lowest BCUT2D eigenvalue weighted by Gasteiger charge is -2.18. The van der Waals surface area contributed by atoms with E-state index in [9.17, 15) is 0 Å². The SMILES string of the molecule is CCOCCCNC(=NCc1nnc(C)n1C)NCC1(Sc2ccccc2)CC1.I. The molecule has 1 aliphatic carbocycles. The van der Waals surface area contributed by atoms with Gasteiger partial charge >= 0.3 is 0 Å². The number of benzene rings is 1. The molecule has 0 radical (unpaired) electrons. The number of hydrogen-bond acceptors (Lipinski definition) is 5. The van der Waals surface area contributed by atoms with Gasteiger partial charge in [0.05, 0.1) is 0 Å². The fourth-order valence-corrected chi connectivity index (χ4v) is 4.12. The maximum atomic E-state index is 5.43. The number of aliphatic imine (C=N–C) groups is 1. The first-order valence-electron chi connectivity index (χ1n) is 10.3. The van der Waals surface area contributed by atoms with Crippen LogP contribution in [0.1, 0.15) is 37.8 Å². The zero-order valence-corrected chi connectivity index (χ0v) is 21.2. The van der Waals surface area contributed by atoms with Crippen LogP contribution < -0.4 is 10.6 Å². The van der Waals surface area contributed by atoms with E-state index in [0.29, 0.717) is 6.54 Å². The zero-order valence-electron chi connectivity index (χ0n) is 18.1. The molecule has 3 rings (SSSR count). The number of rotatable bonds is 11. The third-order valence-electron chi connectivity index (χ3n) is 4.99. The Hall–Kier alpha value is -1.33. The molecule has 0 aliphatic heterocycles. The molecule has 30 heavy (non-hydrogen) atoms. The van der Waals surface area contributed by atoms with Gasteiger partial charge in [-0.3, -0.25) is 0 Å². The van der Waals surface area contributed by atoms with Gasteiger partial charge < -0.3 is 19.9 Å². The Kier molecular flexibility index (Phi) is 10.4. The standard InChI is InChI=1S/C21H32N6OS.HI/c1-4-28-14-8-13-22-20(23-15-19-26-25-17(2)27(19)3)24-16-21(11-12-21)29-18-9-6-5-7-10-18;/h5-7,9-10H,4,8,11-16H2,1-3H3,(H2,22,23,24);1H. The van der Waals surface area contributed by atoms with Crippen LogP contribution in [0.3, 0.4) is 0 Å². The molecule has 1 saturated carbocycles. The molecule has 7 nitrogen and oxygen atoms in total. The molecule has 0 spiro atoms. The summed E-state index contributed by atoms with van der Waals surface area (Å²) in [5.74, 6) is 2.57. The lowest BCUT2D eigenvalue weighted by molar-refractivity contribution is 0.145. The van der Waals surface area contributed by atoms with E-state index in [4.69, 9.17) is 9.73 Å². The maximum absolute atomic E-state index is 5.43. The number of nitrogens with zero attached hydrogens (tertiary/aromatic N) is 4. The highest BCUT2D eigenvalue weighted by molar-refractivity contribution is 14.0. The number of halogens is 1. The molecule has 0 atom stereocenters. The Morgan fingerprint density at radius 1 is 1.23 bits per heavy atom. The van der Waals surface area contributed by atoms with E-state index in [2.05, 4.69) is 51.2 Å². The van der Waals surface area contributed by atoms with Gasteiger partial charge in [-0.2, -0.15) is 0 Å². The number of ether oxygens (including phenoxy) is 1. The van der Waals surface area contributed by atoms with Crippen LogP contribution in [-0.4, -0.2) is 51.8 Å². The average Bonchev–Trinajstić information content (AvgIpc) is 3.42. The first-order chi connectivity index (χ1) is 14.1. The summed E-state index contributed by atoms with van der Waals surface area (Å²) < 4.78 is 7.66. The van der Waals surface area contributed by atoms with Gasteiger partial charge in [0.25, 0.3) is 0 Å². The fraction of sp³-hybridized carbons (Fsp3) is 0.571. The van der Waals surface area contributed by atoms with E-state index in [-0.39, 0.29) is 28.7 Å². The molecular formula is C21H33IN6OS. The smallest absolute Gasteiger partial charge is 0.191 e. The predicted molar refractivity (Wildman–Crippen MR) is 134 cm³/mol. The molecule has 0 unspecified atom stereocenters. The van der Waals surface area contributed by atoms with Gasteiger partial charge in [-0.05, 0) is 45.2 Å². The van der Waals surface area contributed by atoms with Crippen molar-refractivity contribution in [2.45, 2.75) is 49.3 Å². The highest BCUT2D eigenvalue weighted by Crippen LogP contribution is 2.51. The van der Waals surface area contributed by atoms with Gasteiger partial charge in [0.1, 0.15) is 12.4 Å².